The average Bonchev–Trinajstić information content (AvgIpc) is 2.93. The van der Waals surface area contributed by atoms with Gasteiger partial charge in [-0.05, 0) is 19.3 Å². The number of hydrogen-bond donors (Lipinski definition) is 0. The maximum absolute atomic E-state index is 12.7. The van der Waals surface area contributed by atoms with E-state index in [0.29, 0.717) is 12.1 Å². The van der Waals surface area contributed by atoms with Gasteiger partial charge in [0.05, 0.1) is 11.5 Å². The minimum Gasteiger partial charge on any atom is -0.357 e. The molecule has 0 saturated carbocycles. The van der Waals surface area contributed by atoms with Crippen LogP contribution in [-0.2, 0) is 9.84 Å². The molecule has 0 aromatic carbocycles. The van der Waals surface area contributed by atoms with E-state index in [1.165, 1.54) is 11.2 Å². The maximum Gasteiger partial charge on any atom is 0.272 e. The lowest BCUT2D eigenvalue weighted by atomic mass is 10.2. The molecule has 0 bridgehead atoms. The van der Waals surface area contributed by atoms with Crippen LogP contribution in [0.1, 0.15) is 43.6 Å². The van der Waals surface area contributed by atoms with E-state index in [2.05, 4.69) is 28.7 Å². The normalized spacial score (nSPS) is 19.2. The third kappa shape index (κ3) is 4.43. The third-order valence-corrected chi connectivity index (χ3v) is 6.01. The fraction of sp³-hybridized carbons (Fsp3) is 0.688. The molecule has 1 aromatic rings. The first-order valence-electron chi connectivity index (χ1n) is 8.42. The van der Waals surface area contributed by atoms with Gasteiger partial charge in [-0.2, -0.15) is 0 Å². The summed E-state index contributed by atoms with van der Waals surface area (Å²) < 4.78 is 23.2. The monoisotopic (exact) mass is 354 g/mol. The van der Waals surface area contributed by atoms with Crippen molar-refractivity contribution in [3.05, 3.63) is 18.1 Å². The van der Waals surface area contributed by atoms with Crippen molar-refractivity contribution in [2.75, 3.05) is 36.5 Å². The number of anilines is 1. The summed E-state index contributed by atoms with van der Waals surface area (Å²) in [4.78, 5) is 24.7. The van der Waals surface area contributed by atoms with Crippen molar-refractivity contribution in [1.82, 2.24) is 14.9 Å². The SMILES string of the molecule is CCCN(CCC)c1cc(C(=O)N(C)C2CCS(=O)(=O)C2)ncn1. The lowest BCUT2D eigenvalue weighted by molar-refractivity contribution is 0.0741. The number of nitrogens with zero attached hydrogens (tertiary/aromatic N) is 4. The molecule has 1 amide bonds. The highest BCUT2D eigenvalue weighted by molar-refractivity contribution is 7.91. The highest BCUT2D eigenvalue weighted by atomic mass is 32.2. The Balaban J connectivity index is 2.16. The maximum atomic E-state index is 12.7. The van der Waals surface area contributed by atoms with Crippen molar-refractivity contribution in [2.45, 2.75) is 39.2 Å². The van der Waals surface area contributed by atoms with Crippen molar-refractivity contribution in [3.8, 4) is 0 Å². The van der Waals surface area contributed by atoms with Crippen LogP contribution in [0.4, 0.5) is 5.82 Å². The van der Waals surface area contributed by atoms with Gasteiger partial charge < -0.3 is 9.80 Å². The van der Waals surface area contributed by atoms with Crippen LogP contribution >= 0.6 is 0 Å². The molecule has 1 aliphatic rings. The van der Waals surface area contributed by atoms with E-state index in [-0.39, 0.29) is 23.5 Å². The minimum atomic E-state index is -3.03. The van der Waals surface area contributed by atoms with Crippen LogP contribution < -0.4 is 4.90 Å². The van der Waals surface area contributed by atoms with Crippen molar-refractivity contribution in [1.29, 1.82) is 0 Å². The van der Waals surface area contributed by atoms with Gasteiger partial charge in [-0.1, -0.05) is 13.8 Å². The van der Waals surface area contributed by atoms with E-state index in [4.69, 9.17) is 0 Å². The number of hydrogen-bond acceptors (Lipinski definition) is 6. The van der Waals surface area contributed by atoms with Crippen LogP contribution in [0, 0.1) is 0 Å². The molecule has 8 heteroatoms. The second kappa shape index (κ2) is 7.92. The molecule has 1 fully saturated rings. The molecule has 0 spiro atoms. The topological polar surface area (TPSA) is 83.5 Å². The van der Waals surface area contributed by atoms with Crippen molar-refractivity contribution in [2.24, 2.45) is 0 Å². The van der Waals surface area contributed by atoms with Crippen molar-refractivity contribution < 1.29 is 13.2 Å². The van der Waals surface area contributed by atoms with Crippen molar-refractivity contribution >= 4 is 21.6 Å². The van der Waals surface area contributed by atoms with Gasteiger partial charge in [0, 0.05) is 32.2 Å². The Morgan fingerprint density at radius 2 is 1.92 bits per heavy atom. The quantitative estimate of drug-likeness (QED) is 0.735. The minimum absolute atomic E-state index is 0.0327. The molecule has 134 valence electrons. The second-order valence-electron chi connectivity index (χ2n) is 6.22. The Morgan fingerprint density at radius 1 is 1.25 bits per heavy atom. The largest absolute Gasteiger partial charge is 0.357 e. The first-order valence-corrected chi connectivity index (χ1v) is 10.2. The number of sulfone groups is 1. The second-order valence-corrected chi connectivity index (χ2v) is 8.45. The standard InChI is InChI=1S/C16H26N4O3S/c1-4-7-20(8-5-2)15-10-14(17-12-18-15)16(21)19(3)13-6-9-24(22,23)11-13/h10,12-13H,4-9,11H2,1-3H3. The summed E-state index contributed by atoms with van der Waals surface area (Å²) in [5, 5.41) is 0. The molecule has 1 aromatic heterocycles. The molecule has 1 saturated heterocycles. The van der Waals surface area contributed by atoms with Gasteiger partial charge in [0.25, 0.3) is 5.91 Å². The van der Waals surface area contributed by atoms with E-state index in [0.717, 1.165) is 31.7 Å². The lowest BCUT2D eigenvalue weighted by Crippen LogP contribution is -2.38. The Morgan fingerprint density at radius 3 is 2.46 bits per heavy atom. The summed E-state index contributed by atoms with van der Waals surface area (Å²) >= 11 is 0. The fourth-order valence-corrected chi connectivity index (χ4v) is 4.72. The molecule has 24 heavy (non-hydrogen) atoms. The van der Waals surface area contributed by atoms with Crippen LogP contribution in [0.2, 0.25) is 0 Å². The van der Waals surface area contributed by atoms with Gasteiger partial charge in [-0.15, -0.1) is 0 Å². The van der Waals surface area contributed by atoms with Crippen LogP contribution in [0.3, 0.4) is 0 Å². The number of carbonyl (C=O) groups excluding carboxylic acids is 1. The number of amides is 1. The van der Waals surface area contributed by atoms with Crippen LogP contribution in [0.25, 0.3) is 0 Å². The van der Waals surface area contributed by atoms with Gasteiger partial charge in [0.2, 0.25) is 0 Å². The summed E-state index contributed by atoms with van der Waals surface area (Å²) in [6, 6.07) is 1.43. The van der Waals surface area contributed by atoms with Crippen molar-refractivity contribution in [3.63, 3.8) is 0 Å². The summed E-state index contributed by atoms with van der Waals surface area (Å²) in [7, 11) is -1.38. The predicted octanol–water partition coefficient (Wildman–Crippen LogP) is 1.36. The summed E-state index contributed by atoms with van der Waals surface area (Å²) in [5.74, 6) is 0.661. The van der Waals surface area contributed by atoms with Gasteiger partial charge in [-0.3, -0.25) is 4.79 Å². The highest BCUT2D eigenvalue weighted by Gasteiger charge is 2.33. The van der Waals surface area contributed by atoms with Crippen LogP contribution in [0.5, 0.6) is 0 Å². The van der Waals surface area contributed by atoms with E-state index in [9.17, 15) is 13.2 Å². The van der Waals surface area contributed by atoms with Gasteiger partial charge in [-0.25, -0.2) is 18.4 Å². The van der Waals surface area contributed by atoms with Crippen LogP contribution in [-0.4, -0.2) is 66.9 Å². The van der Waals surface area contributed by atoms with Gasteiger partial charge in [0.1, 0.15) is 17.8 Å². The Hall–Kier alpha value is -1.70. The summed E-state index contributed by atoms with van der Waals surface area (Å²) in [6.07, 6.45) is 3.88. The van der Waals surface area contributed by atoms with Gasteiger partial charge in [0.15, 0.2) is 9.84 Å². The molecule has 0 radical (unpaired) electrons. The Labute approximate surface area is 144 Å². The number of aromatic nitrogens is 2. The van der Waals surface area contributed by atoms with E-state index in [1.54, 1.807) is 13.1 Å². The zero-order valence-electron chi connectivity index (χ0n) is 14.6. The van der Waals surface area contributed by atoms with E-state index in [1.807, 2.05) is 0 Å². The molecule has 0 aliphatic carbocycles. The fourth-order valence-electron chi connectivity index (χ4n) is 2.95. The summed E-state index contributed by atoms with van der Waals surface area (Å²) in [5.41, 5.74) is 0.309. The molecule has 1 unspecified atom stereocenters. The molecular weight excluding hydrogens is 328 g/mol. The summed E-state index contributed by atoms with van der Waals surface area (Å²) in [6.45, 7) is 5.94. The van der Waals surface area contributed by atoms with Crippen LogP contribution in [0.15, 0.2) is 12.4 Å². The predicted molar refractivity (Wildman–Crippen MR) is 94.0 cm³/mol. The molecule has 7 nitrogen and oxygen atoms in total. The average molecular weight is 354 g/mol. The zero-order valence-corrected chi connectivity index (χ0v) is 15.4. The first kappa shape index (κ1) is 18.6. The smallest absolute Gasteiger partial charge is 0.272 e. The van der Waals surface area contributed by atoms with Gasteiger partial charge >= 0.3 is 0 Å². The molecule has 2 heterocycles. The number of rotatable bonds is 7. The molecule has 0 N–H and O–H groups in total. The first-order chi connectivity index (χ1) is 11.4. The Kier molecular flexibility index (Phi) is 6.15. The zero-order chi connectivity index (χ0) is 17.7. The van der Waals surface area contributed by atoms with E-state index < -0.39 is 9.84 Å². The van der Waals surface area contributed by atoms with E-state index >= 15 is 0 Å². The molecule has 2 rings (SSSR count). The molecule has 1 aliphatic heterocycles. The Bertz CT molecular complexity index is 672. The third-order valence-electron chi connectivity index (χ3n) is 4.26. The number of carbonyl (C=O) groups is 1. The highest BCUT2D eigenvalue weighted by Crippen LogP contribution is 2.19. The lowest BCUT2D eigenvalue weighted by Gasteiger charge is -2.25. The molecule has 1 atom stereocenters. The molecular formula is C16H26N4O3S.